The average molecular weight is 251 g/mol. The zero-order valence-corrected chi connectivity index (χ0v) is 11.8. The van der Waals surface area contributed by atoms with Crippen molar-refractivity contribution < 1.29 is 4.74 Å². The Morgan fingerprint density at radius 2 is 1.94 bits per heavy atom. The summed E-state index contributed by atoms with van der Waals surface area (Å²) in [5.41, 5.74) is 1.56. The molecule has 0 spiro atoms. The van der Waals surface area contributed by atoms with Crippen LogP contribution in [0.5, 0.6) is 5.75 Å². The number of hydrogen-bond donors (Lipinski definition) is 1. The third-order valence-corrected chi connectivity index (χ3v) is 4.88. The second kappa shape index (κ2) is 4.91. The number of nitrogens with one attached hydrogen (secondary N) is 1. The highest BCUT2D eigenvalue weighted by molar-refractivity contribution is 8.00. The molecule has 1 saturated heterocycles. The van der Waals surface area contributed by atoms with Crippen LogP contribution in [0.3, 0.4) is 0 Å². The lowest BCUT2D eigenvalue weighted by Gasteiger charge is -2.41. The van der Waals surface area contributed by atoms with Gasteiger partial charge in [-0.25, -0.2) is 0 Å². The third-order valence-electron chi connectivity index (χ3n) is 3.20. The summed E-state index contributed by atoms with van der Waals surface area (Å²) in [5.74, 6) is 2.09. The number of hydrogen-bond acceptors (Lipinski definition) is 3. The zero-order valence-electron chi connectivity index (χ0n) is 11.0. The quantitative estimate of drug-likeness (QED) is 0.872. The fourth-order valence-corrected chi connectivity index (χ4v) is 3.36. The topological polar surface area (TPSA) is 21.3 Å². The van der Waals surface area contributed by atoms with Crippen LogP contribution in [0.2, 0.25) is 0 Å². The van der Waals surface area contributed by atoms with Gasteiger partial charge in [-0.3, -0.25) is 0 Å². The minimum absolute atomic E-state index is 0.210. The fraction of sp³-hybridized carbons (Fsp3) is 0.571. The molecule has 2 unspecified atom stereocenters. The number of thioether (sulfide) groups is 1. The van der Waals surface area contributed by atoms with E-state index >= 15 is 0 Å². The van der Waals surface area contributed by atoms with Crippen LogP contribution in [-0.4, -0.2) is 23.7 Å². The van der Waals surface area contributed by atoms with Crippen LogP contribution in [0.15, 0.2) is 24.3 Å². The molecule has 1 heterocycles. The first-order valence-corrected chi connectivity index (χ1v) is 7.10. The number of rotatable bonds is 2. The van der Waals surface area contributed by atoms with Crippen LogP contribution in [-0.2, 0) is 0 Å². The number of ether oxygens (including phenoxy) is 1. The molecule has 1 aromatic rings. The van der Waals surface area contributed by atoms with E-state index in [1.807, 2.05) is 23.9 Å². The zero-order chi connectivity index (χ0) is 12.5. The lowest BCUT2D eigenvalue weighted by atomic mass is 9.98. The van der Waals surface area contributed by atoms with Crippen LogP contribution < -0.4 is 10.1 Å². The molecule has 1 N–H and O–H groups in total. The Kier molecular flexibility index (Phi) is 3.69. The van der Waals surface area contributed by atoms with Crippen molar-refractivity contribution in [2.75, 3.05) is 12.9 Å². The van der Waals surface area contributed by atoms with E-state index in [-0.39, 0.29) is 5.54 Å². The molecule has 2 nitrogen and oxygen atoms in total. The molecular weight excluding hydrogens is 230 g/mol. The monoisotopic (exact) mass is 251 g/mol. The number of methoxy groups -OCH3 is 1. The highest BCUT2D eigenvalue weighted by atomic mass is 32.2. The molecule has 0 saturated carbocycles. The molecule has 0 aromatic heterocycles. The van der Waals surface area contributed by atoms with Crippen molar-refractivity contribution >= 4 is 11.8 Å². The molecule has 1 fully saturated rings. The molecule has 3 heteroatoms. The largest absolute Gasteiger partial charge is 0.497 e. The van der Waals surface area contributed by atoms with Gasteiger partial charge >= 0.3 is 0 Å². The highest BCUT2D eigenvalue weighted by Gasteiger charge is 2.32. The van der Waals surface area contributed by atoms with Gasteiger partial charge in [0.05, 0.1) is 7.11 Å². The van der Waals surface area contributed by atoms with Gasteiger partial charge in [0.2, 0.25) is 0 Å². The van der Waals surface area contributed by atoms with E-state index in [0.29, 0.717) is 11.3 Å². The Hall–Kier alpha value is -0.670. The Balaban J connectivity index is 2.18. The summed E-state index contributed by atoms with van der Waals surface area (Å²) in [4.78, 5) is 0. The molecule has 17 heavy (non-hydrogen) atoms. The maximum Gasteiger partial charge on any atom is 0.118 e. The Bertz CT molecular complexity index is 374. The minimum Gasteiger partial charge on any atom is -0.497 e. The molecule has 1 aromatic carbocycles. The van der Waals surface area contributed by atoms with Gasteiger partial charge in [-0.2, -0.15) is 11.8 Å². The Morgan fingerprint density at radius 3 is 2.53 bits per heavy atom. The minimum atomic E-state index is 0.210. The van der Waals surface area contributed by atoms with Gasteiger partial charge < -0.3 is 10.1 Å². The first-order chi connectivity index (χ1) is 8.02. The first-order valence-electron chi connectivity index (χ1n) is 6.05. The second-order valence-electron chi connectivity index (χ2n) is 5.30. The van der Waals surface area contributed by atoms with Crippen LogP contribution >= 0.6 is 11.8 Å². The molecule has 2 atom stereocenters. The summed E-state index contributed by atoms with van der Waals surface area (Å²) in [6.45, 7) is 6.83. The third kappa shape index (κ3) is 2.96. The van der Waals surface area contributed by atoms with Crippen molar-refractivity contribution in [2.45, 2.75) is 37.6 Å². The van der Waals surface area contributed by atoms with Gasteiger partial charge in [-0.05, 0) is 31.5 Å². The van der Waals surface area contributed by atoms with E-state index in [1.165, 1.54) is 11.3 Å². The van der Waals surface area contributed by atoms with Crippen LogP contribution in [0.25, 0.3) is 0 Å². The Labute approximate surface area is 108 Å². The van der Waals surface area contributed by atoms with Crippen LogP contribution in [0.4, 0.5) is 0 Å². The molecule has 1 aliphatic rings. The van der Waals surface area contributed by atoms with Gasteiger partial charge in [0, 0.05) is 22.6 Å². The van der Waals surface area contributed by atoms with Gasteiger partial charge in [0.25, 0.3) is 0 Å². The molecule has 2 rings (SSSR count). The van der Waals surface area contributed by atoms with E-state index in [0.717, 1.165) is 5.75 Å². The van der Waals surface area contributed by atoms with Crippen molar-refractivity contribution in [3.63, 3.8) is 0 Å². The molecule has 0 aliphatic carbocycles. The summed E-state index contributed by atoms with van der Waals surface area (Å²) < 4.78 is 5.20. The lowest BCUT2D eigenvalue weighted by molar-refractivity contribution is 0.352. The highest BCUT2D eigenvalue weighted by Crippen LogP contribution is 2.35. The van der Waals surface area contributed by atoms with Crippen molar-refractivity contribution in [3.8, 4) is 5.75 Å². The molecular formula is C14H21NOS. The van der Waals surface area contributed by atoms with E-state index in [4.69, 9.17) is 4.74 Å². The van der Waals surface area contributed by atoms with E-state index < -0.39 is 0 Å². The van der Waals surface area contributed by atoms with Crippen molar-refractivity contribution in [1.82, 2.24) is 5.32 Å². The first kappa shape index (κ1) is 12.8. The summed E-state index contributed by atoms with van der Waals surface area (Å²) in [6.07, 6.45) is 0. The summed E-state index contributed by atoms with van der Waals surface area (Å²) >= 11 is 2.04. The van der Waals surface area contributed by atoms with Crippen molar-refractivity contribution in [2.24, 2.45) is 0 Å². The van der Waals surface area contributed by atoms with Crippen molar-refractivity contribution in [3.05, 3.63) is 29.8 Å². The van der Waals surface area contributed by atoms with Crippen molar-refractivity contribution in [1.29, 1.82) is 0 Å². The molecule has 0 radical (unpaired) electrons. The van der Waals surface area contributed by atoms with Gasteiger partial charge in [-0.1, -0.05) is 19.1 Å². The summed E-state index contributed by atoms with van der Waals surface area (Å²) in [6, 6.07) is 8.82. The molecule has 0 amide bonds. The maximum atomic E-state index is 5.20. The number of benzene rings is 1. The van der Waals surface area contributed by atoms with Gasteiger partial charge in [-0.15, -0.1) is 0 Å². The second-order valence-corrected chi connectivity index (χ2v) is 6.66. The SMILES string of the molecule is COc1ccc(C2NC(C)(C)CSC2C)cc1. The normalized spacial score (nSPS) is 27.8. The molecule has 94 valence electrons. The summed E-state index contributed by atoms with van der Waals surface area (Å²) in [7, 11) is 1.70. The van der Waals surface area contributed by atoms with Gasteiger partial charge in [0.15, 0.2) is 0 Å². The maximum absolute atomic E-state index is 5.20. The lowest BCUT2D eigenvalue weighted by Crippen LogP contribution is -2.50. The van der Waals surface area contributed by atoms with E-state index in [1.54, 1.807) is 7.11 Å². The van der Waals surface area contributed by atoms with Gasteiger partial charge in [0.1, 0.15) is 5.75 Å². The average Bonchev–Trinajstić information content (AvgIpc) is 2.33. The van der Waals surface area contributed by atoms with Crippen LogP contribution in [0, 0.1) is 0 Å². The smallest absolute Gasteiger partial charge is 0.118 e. The molecule has 0 bridgehead atoms. The predicted octanol–water partition coefficient (Wildman–Crippen LogP) is 3.24. The fourth-order valence-electron chi connectivity index (χ4n) is 2.18. The predicted molar refractivity (Wildman–Crippen MR) is 74.9 cm³/mol. The van der Waals surface area contributed by atoms with E-state index in [2.05, 4.69) is 38.2 Å². The standard InChI is InChI=1S/C14H21NOS/c1-10-13(15-14(2,3)9-17-10)11-5-7-12(16-4)8-6-11/h5-8,10,13,15H,9H2,1-4H3. The Morgan fingerprint density at radius 1 is 1.29 bits per heavy atom. The van der Waals surface area contributed by atoms with Crippen LogP contribution in [0.1, 0.15) is 32.4 Å². The summed E-state index contributed by atoms with van der Waals surface area (Å²) in [5, 5.41) is 4.34. The van der Waals surface area contributed by atoms with E-state index in [9.17, 15) is 0 Å². The molecule has 1 aliphatic heterocycles.